The van der Waals surface area contributed by atoms with Crippen molar-refractivity contribution in [3.63, 3.8) is 0 Å². The molecule has 1 aliphatic rings. The van der Waals surface area contributed by atoms with Crippen LogP contribution >= 0.6 is 11.6 Å². The van der Waals surface area contributed by atoms with Gasteiger partial charge in [-0.1, -0.05) is 19.8 Å². The van der Waals surface area contributed by atoms with Gasteiger partial charge in [0.05, 0.1) is 0 Å². The molecule has 0 N–H and O–H groups in total. The molecule has 0 bridgehead atoms. The van der Waals surface area contributed by atoms with E-state index in [1.165, 1.54) is 45.2 Å². The summed E-state index contributed by atoms with van der Waals surface area (Å²) >= 11 is 5.91. The van der Waals surface area contributed by atoms with E-state index in [1.807, 2.05) is 0 Å². The molecule has 0 aliphatic carbocycles. The zero-order valence-corrected chi connectivity index (χ0v) is 8.82. The molecular weight excluding hydrogens is 170 g/mol. The highest BCUT2D eigenvalue weighted by Gasteiger charge is 2.20. The van der Waals surface area contributed by atoms with Crippen molar-refractivity contribution in [3.8, 4) is 0 Å². The lowest BCUT2D eigenvalue weighted by atomic mass is 10.0. The van der Waals surface area contributed by atoms with Crippen LogP contribution in [0.3, 0.4) is 0 Å². The third kappa shape index (κ3) is 2.95. The van der Waals surface area contributed by atoms with E-state index in [-0.39, 0.29) is 0 Å². The van der Waals surface area contributed by atoms with Crippen molar-refractivity contribution in [3.05, 3.63) is 0 Å². The first-order valence-corrected chi connectivity index (χ1v) is 5.72. The van der Waals surface area contributed by atoms with Crippen molar-refractivity contribution < 1.29 is 0 Å². The fourth-order valence-electron chi connectivity index (χ4n) is 1.89. The summed E-state index contributed by atoms with van der Waals surface area (Å²) in [7, 11) is 0. The third-order valence-electron chi connectivity index (χ3n) is 2.73. The van der Waals surface area contributed by atoms with Gasteiger partial charge in [0.1, 0.15) is 0 Å². The highest BCUT2D eigenvalue weighted by Crippen LogP contribution is 2.18. The van der Waals surface area contributed by atoms with Crippen LogP contribution in [0.2, 0.25) is 0 Å². The quantitative estimate of drug-likeness (QED) is 0.615. The number of halogens is 1. The Balaban J connectivity index is 2.26. The predicted molar refractivity (Wildman–Crippen MR) is 54.8 cm³/mol. The molecular formula is C10H20ClN. The maximum absolute atomic E-state index is 5.91. The zero-order valence-electron chi connectivity index (χ0n) is 8.06. The van der Waals surface area contributed by atoms with Gasteiger partial charge in [-0.3, -0.25) is 4.90 Å². The summed E-state index contributed by atoms with van der Waals surface area (Å²) in [4.78, 5) is 2.57. The molecule has 72 valence electrons. The molecule has 2 heteroatoms. The van der Waals surface area contributed by atoms with Crippen molar-refractivity contribution in [2.24, 2.45) is 0 Å². The second-order valence-corrected chi connectivity index (χ2v) is 4.00. The summed E-state index contributed by atoms with van der Waals surface area (Å²) in [6, 6.07) is 0.673. The molecule has 1 aliphatic heterocycles. The van der Waals surface area contributed by atoms with Crippen LogP contribution in [0, 0.1) is 0 Å². The van der Waals surface area contributed by atoms with Gasteiger partial charge in [0.25, 0.3) is 0 Å². The van der Waals surface area contributed by atoms with Crippen LogP contribution in [0.4, 0.5) is 0 Å². The smallest absolute Gasteiger partial charge is 0.0379 e. The lowest BCUT2D eigenvalue weighted by Crippen LogP contribution is -2.41. The van der Waals surface area contributed by atoms with Crippen LogP contribution in [-0.4, -0.2) is 29.9 Å². The second-order valence-electron chi connectivity index (χ2n) is 3.69. The number of hydrogen-bond donors (Lipinski definition) is 0. The van der Waals surface area contributed by atoms with Gasteiger partial charge >= 0.3 is 0 Å². The van der Waals surface area contributed by atoms with Crippen LogP contribution in [0.15, 0.2) is 0 Å². The molecule has 12 heavy (non-hydrogen) atoms. The largest absolute Gasteiger partial charge is 0.299 e. The SMILES string of the molecule is CCCCN1CCCCC1CCl. The van der Waals surface area contributed by atoms with Gasteiger partial charge in [0.2, 0.25) is 0 Å². The molecule has 1 unspecified atom stereocenters. The zero-order chi connectivity index (χ0) is 8.81. The number of unbranched alkanes of at least 4 members (excludes halogenated alkanes) is 1. The topological polar surface area (TPSA) is 3.24 Å². The molecule has 1 rings (SSSR count). The Morgan fingerprint density at radius 2 is 2.25 bits per heavy atom. The minimum absolute atomic E-state index is 0.673. The molecule has 0 aromatic rings. The predicted octanol–water partition coefficient (Wildman–Crippen LogP) is 2.88. The number of rotatable bonds is 4. The molecule has 0 aromatic carbocycles. The van der Waals surface area contributed by atoms with Gasteiger partial charge in [-0.05, 0) is 32.4 Å². The molecule has 1 nitrogen and oxygen atoms in total. The summed E-state index contributed by atoms with van der Waals surface area (Å²) in [5, 5.41) is 0. The highest BCUT2D eigenvalue weighted by atomic mass is 35.5. The Kier molecular flexibility index (Phi) is 5.01. The number of nitrogens with zero attached hydrogens (tertiary/aromatic N) is 1. The third-order valence-corrected chi connectivity index (χ3v) is 3.08. The Morgan fingerprint density at radius 3 is 2.92 bits per heavy atom. The summed E-state index contributed by atoms with van der Waals surface area (Å²) in [6.07, 6.45) is 6.68. The maximum atomic E-state index is 5.91. The molecule has 0 saturated carbocycles. The van der Waals surface area contributed by atoms with Crippen LogP contribution in [-0.2, 0) is 0 Å². The molecule has 0 aromatic heterocycles. The van der Waals surface area contributed by atoms with E-state index < -0.39 is 0 Å². The van der Waals surface area contributed by atoms with Gasteiger partial charge in [-0.15, -0.1) is 11.6 Å². The standard InChI is InChI=1S/C10H20ClN/c1-2-3-7-12-8-5-4-6-10(12)9-11/h10H,2-9H2,1H3. The number of likely N-dealkylation sites (tertiary alicyclic amines) is 1. The Hall–Kier alpha value is 0.250. The molecule has 0 radical (unpaired) electrons. The molecule has 1 heterocycles. The minimum Gasteiger partial charge on any atom is -0.299 e. The molecule has 1 atom stereocenters. The van der Waals surface area contributed by atoms with Gasteiger partial charge in [0, 0.05) is 11.9 Å². The second kappa shape index (κ2) is 5.82. The normalized spacial score (nSPS) is 26.0. The van der Waals surface area contributed by atoms with Gasteiger partial charge in [-0.2, -0.15) is 0 Å². The highest BCUT2D eigenvalue weighted by molar-refractivity contribution is 6.18. The Labute approximate surface area is 81.1 Å². The fourth-order valence-corrected chi connectivity index (χ4v) is 2.24. The molecule has 0 spiro atoms. The maximum Gasteiger partial charge on any atom is 0.0379 e. The van der Waals surface area contributed by atoms with Crippen LogP contribution in [0.5, 0.6) is 0 Å². The minimum atomic E-state index is 0.673. The Morgan fingerprint density at radius 1 is 1.42 bits per heavy atom. The van der Waals surface area contributed by atoms with E-state index in [2.05, 4.69) is 11.8 Å². The summed E-state index contributed by atoms with van der Waals surface area (Å²) in [6.45, 7) is 4.78. The van der Waals surface area contributed by atoms with Gasteiger partial charge < -0.3 is 0 Å². The van der Waals surface area contributed by atoms with E-state index in [0.29, 0.717) is 6.04 Å². The van der Waals surface area contributed by atoms with Crippen molar-refractivity contribution in [1.82, 2.24) is 4.90 Å². The number of alkyl halides is 1. The van der Waals surface area contributed by atoms with Crippen LogP contribution in [0.25, 0.3) is 0 Å². The number of hydrogen-bond acceptors (Lipinski definition) is 1. The average Bonchev–Trinajstić information content (AvgIpc) is 2.15. The van der Waals surface area contributed by atoms with Crippen molar-refractivity contribution in [2.45, 2.75) is 45.1 Å². The average molecular weight is 190 g/mol. The first-order chi connectivity index (χ1) is 5.88. The van der Waals surface area contributed by atoms with Gasteiger partial charge in [0.15, 0.2) is 0 Å². The molecule has 0 amide bonds. The van der Waals surface area contributed by atoms with Crippen molar-refractivity contribution in [1.29, 1.82) is 0 Å². The summed E-state index contributed by atoms with van der Waals surface area (Å²) < 4.78 is 0. The first kappa shape index (κ1) is 10.3. The lowest BCUT2D eigenvalue weighted by Gasteiger charge is -2.34. The lowest BCUT2D eigenvalue weighted by molar-refractivity contribution is 0.161. The fraction of sp³-hybridized carbons (Fsp3) is 1.00. The van der Waals surface area contributed by atoms with E-state index in [1.54, 1.807) is 0 Å². The monoisotopic (exact) mass is 189 g/mol. The van der Waals surface area contributed by atoms with Crippen LogP contribution in [0.1, 0.15) is 39.0 Å². The summed E-state index contributed by atoms with van der Waals surface area (Å²) in [5.74, 6) is 0.823. The molecule has 1 fully saturated rings. The van der Waals surface area contributed by atoms with E-state index in [4.69, 9.17) is 11.6 Å². The summed E-state index contributed by atoms with van der Waals surface area (Å²) in [5.41, 5.74) is 0. The molecule has 1 saturated heterocycles. The number of piperidine rings is 1. The van der Waals surface area contributed by atoms with E-state index in [9.17, 15) is 0 Å². The van der Waals surface area contributed by atoms with Gasteiger partial charge in [-0.25, -0.2) is 0 Å². The Bertz CT molecular complexity index is 116. The van der Waals surface area contributed by atoms with Crippen LogP contribution < -0.4 is 0 Å². The van der Waals surface area contributed by atoms with E-state index >= 15 is 0 Å². The van der Waals surface area contributed by atoms with E-state index in [0.717, 1.165) is 5.88 Å². The first-order valence-electron chi connectivity index (χ1n) is 5.18. The van der Waals surface area contributed by atoms with Crippen molar-refractivity contribution >= 4 is 11.6 Å². The van der Waals surface area contributed by atoms with Crippen molar-refractivity contribution in [2.75, 3.05) is 19.0 Å².